The molecule has 0 fully saturated rings. The van der Waals surface area contributed by atoms with Crippen molar-refractivity contribution in [1.29, 1.82) is 0 Å². The van der Waals surface area contributed by atoms with Crippen molar-refractivity contribution in [2.45, 2.75) is 31.8 Å². The van der Waals surface area contributed by atoms with Crippen molar-refractivity contribution >= 4 is 27.5 Å². The molecule has 0 aliphatic rings. The average molecular weight is 383 g/mol. The molecule has 1 atom stereocenters. The summed E-state index contributed by atoms with van der Waals surface area (Å²) in [6, 6.07) is 11.2. The van der Waals surface area contributed by atoms with Gasteiger partial charge in [0.15, 0.2) is 6.10 Å². The fraction of sp³-hybridized carbons (Fsp3) is 0.235. The Bertz CT molecular complexity index is 884. The molecular weight excluding hydrogens is 364 g/mol. The summed E-state index contributed by atoms with van der Waals surface area (Å²) in [5, 5.41) is 0.279. The summed E-state index contributed by atoms with van der Waals surface area (Å²) in [6.45, 7) is 5.36. The van der Waals surface area contributed by atoms with Crippen molar-refractivity contribution in [3.63, 3.8) is 0 Å². The van der Waals surface area contributed by atoms with Crippen LogP contribution in [-0.4, -0.2) is 20.4 Å². The number of nitrogens with one attached hydrogen (secondary N) is 2. The molecule has 0 spiro atoms. The average Bonchev–Trinajstić information content (AvgIpc) is 2.57. The van der Waals surface area contributed by atoms with Gasteiger partial charge >= 0.3 is 0 Å². The van der Waals surface area contributed by atoms with Gasteiger partial charge in [0.05, 0.1) is 4.90 Å². The van der Waals surface area contributed by atoms with Crippen LogP contribution in [0.1, 0.15) is 18.1 Å². The molecule has 2 aromatic carbocycles. The molecule has 0 aromatic heterocycles. The number of hydrogen-bond donors (Lipinski definition) is 2. The summed E-state index contributed by atoms with van der Waals surface area (Å²) in [4.78, 5) is 14.1. The Balaban J connectivity index is 2.00. The van der Waals surface area contributed by atoms with Gasteiger partial charge in [0.2, 0.25) is 0 Å². The predicted octanol–water partition coefficient (Wildman–Crippen LogP) is 2.73. The Morgan fingerprint density at radius 3 is 2.52 bits per heavy atom. The summed E-state index contributed by atoms with van der Waals surface area (Å²) >= 11 is 5.78. The minimum Gasteiger partial charge on any atom is -0.481 e. The molecule has 0 saturated carbocycles. The molecule has 0 heterocycles. The molecule has 0 saturated heterocycles. The number of carbonyl (C=O) groups excluding carboxylic acids is 1. The summed E-state index contributed by atoms with van der Waals surface area (Å²) in [5.74, 6) is -0.0492. The first-order valence-corrected chi connectivity index (χ1v) is 9.37. The van der Waals surface area contributed by atoms with Crippen LogP contribution in [0.5, 0.6) is 5.75 Å². The van der Waals surface area contributed by atoms with Gasteiger partial charge in [-0.25, -0.2) is 8.42 Å². The molecule has 0 radical (unpaired) electrons. The lowest BCUT2D eigenvalue weighted by Crippen LogP contribution is -2.47. The topological polar surface area (TPSA) is 84.5 Å². The fourth-order valence-electron chi connectivity index (χ4n) is 2.01. The third kappa shape index (κ3) is 4.94. The first-order valence-electron chi connectivity index (χ1n) is 7.51. The SMILES string of the molecule is Cc1cccc(O[C@H](C)C(=O)NNS(=O)(=O)c2cccc(Cl)c2)c1C. The molecule has 2 aromatic rings. The Hall–Kier alpha value is -2.09. The van der Waals surface area contributed by atoms with Gasteiger partial charge in [0, 0.05) is 5.02 Å². The van der Waals surface area contributed by atoms with Gasteiger partial charge in [-0.05, 0) is 56.2 Å². The van der Waals surface area contributed by atoms with Crippen LogP contribution in [0.2, 0.25) is 5.02 Å². The molecule has 1 amide bonds. The Morgan fingerprint density at radius 2 is 1.84 bits per heavy atom. The molecule has 2 rings (SSSR count). The maximum atomic E-state index is 12.1. The third-order valence-corrected chi connectivity index (χ3v) is 5.12. The van der Waals surface area contributed by atoms with E-state index >= 15 is 0 Å². The standard InChI is InChI=1S/C17H19ClN2O4S/c1-11-6-4-9-16(12(11)2)24-13(3)17(21)19-20-25(22,23)15-8-5-7-14(18)10-15/h4-10,13,20H,1-3H3,(H,19,21)/t13-/m1/s1. The van der Waals surface area contributed by atoms with E-state index in [1.807, 2.05) is 30.8 Å². The number of sulfonamides is 1. The molecule has 6 nitrogen and oxygen atoms in total. The Morgan fingerprint density at radius 1 is 1.16 bits per heavy atom. The van der Waals surface area contributed by atoms with Crippen molar-refractivity contribution in [2.75, 3.05) is 0 Å². The van der Waals surface area contributed by atoms with Crippen LogP contribution in [0.3, 0.4) is 0 Å². The molecular formula is C17H19ClN2O4S. The molecule has 2 N–H and O–H groups in total. The van der Waals surface area contributed by atoms with Gasteiger partial charge in [-0.3, -0.25) is 10.2 Å². The summed E-state index contributed by atoms with van der Waals surface area (Å²) < 4.78 is 29.9. The highest BCUT2D eigenvalue weighted by atomic mass is 35.5. The van der Waals surface area contributed by atoms with Gasteiger partial charge < -0.3 is 4.74 Å². The molecule has 25 heavy (non-hydrogen) atoms. The summed E-state index contributed by atoms with van der Waals surface area (Å²) in [7, 11) is -3.92. The van der Waals surface area contributed by atoms with Crippen LogP contribution < -0.4 is 15.0 Å². The fourth-order valence-corrected chi connectivity index (χ4v) is 3.16. The normalized spacial score (nSPS) is 12.5. The van der Waals surface area contributed by atoms with Crippen LogP contribution in [0, 0.1) is 13.8 Å². The van der Waals surface area contributed by atoms with Gasteiger partial charge in [-0.2, -0.15) is 0 Å². The highest BCUT2D eigenvalue weighted by Gasteiger charge is 2.20. The van der Waals surface area contributed by atoms with Crippen LogP contribution in [0.15, 0.2) is 47.4 Å². The van der Waals surface area contributed by atoms with Crippen LogP contribution in [0.4, 0.5) is 0 Å². The molecule has 0 aliphatic heterocycles. The van der Waals surface area contributed by atoms with E-state index in [4.69, 9.17) is 16.3 Å². The van der Waals surface area contributed by atoms with Crippen LogP contribution in [0.25, 0.3) is 0 Å². The highest BCUT2D eigenvalue weighted by molar-refractivity contribution is 7.89. The summed E-state index contributed by atoms with van der Waals surface area (Å²) in [5.41, 5.74) is 4.10. The van der Waals surface area contributed by atoms with E-state index in [1.54, 1.807) is 12.1 Å². The zero-order chi connectivity index (χ0) is 18.6. The second-order valence-corrected chi connectivity index (χ2v) is 7.63. The van der Waals surface area contributed by atoms with Crippen molar-refractivity contribution < 1.29 is 17.9 Å². The zero-order valence-electron chi connectivity index (χ0n) is 14.0. The van der Waals surface area contributed by atoms with Crippen LogP contribution in [-0.2, 0) is 14.8 Å². The van der Waals surface area contributed by atoms with Crippen molar-refractivity contribution in [3.8, 4) is 5.75 Å². The number of ether oxygens (including phenoxy) is 1. The molecule has 0 bridgehead atoms. The lowest BCUT2D eigenvalue weighted by atomic mass is 10.1. The maximum Gasteiger partial charge on any atom is 0.275 e. The first-order chi connectivity index (χ1) is 11.7. The molecule has 8 heteroatoms. The first kappa shape index (κ1) is 19.2. The van der Waals surface area contributed by atoms with E-state index in [2.05, 4.69) is 5.43 Å². The minimum atomic E-state index is -3.92. The predicted molar refractivity (Wildman–Crippen MR) is 95.9 cm³/mol. The second-order valence-electron chi connectivity index (χ2n) is 5.51. The molecule has 134 valence electrons. The van der Waals surface area contributed by atoms with Gasteiger partial charge in [0.25, 0.3) is 15.9 Å². The zero-order valence-corrected chi connectivity index (χ0v) is 15.6. The molecule has 0 aliphatic carbocycles. The number of aryl methyl sites for hydroxylation is 1. The number of amides is 1. The second kappa shape index (κ2) is 7.86. The van der Waals surface area contributed by atoms with E-state index < -0.39 is 22.0 Å². The highest BCUT2D eigenvalue weighted by Crippen LogP contribution is 2.21. The minimum absolute atomic E-state index is 0.0524. The van der Waals surface area contributed by atoms with E-state index in [-0.39, 0.29) is 9.92 Å². The van der Waals surface area contributed by atoms with Gasteiger partial charge in [-0.15, -0.1) is 4.83 Å². The Kier molecular flexibility index (Phi) is 6.05. The smallest absolute Gasteiger partial charge is 0.275 e. The lowest BCUT2D eigenvalue weighted by molar-refractivity contribution is -0.127. The van der Waals surface area contributed by atoms with Gasteiger partial charge in [-0.1, -0.05) is 29.8 Å². The van der Waals surface area contributed by atoms with Crippen LogP contribution >= 0.6 is 11.6 Å². The van der Waals surface area contributed by atoms with Gasteiger partial charge in [0.1, 0.15) is 5.75 Å². The maximum absolute atomic E-state index is 12.1. The van der Waals surface area contributed by atoms with E-state index in [9.17, 15) is 13.2 Å². The van der Waals surface area contributed by atoms with Crippen molar-refractivity contribution in [1.82, 2.24) is 10.3 Å². The number of hydrogen-bond acceptors (Lipinski definition) is 4. The third-order valence-electron chi connectivity index (χ3n) is 3.64. The van der Waals surface area contributed by atoms with E-state index in [1.165, 1.54) is 25.1 Å². The van der Waals surface area contributed by atoms with Crippen molar-refractivity contribution in [3.05, 3.63) is 58.6 Å². The van der Waals surface area contributed by atoms with Crippen molar-refractivity contribution in [2.24, 2.45) is 0 Å². The quantitative estimate of drug-likeness (QED) is 0.752. The number of hydrazine groups is 1. The number of benzene rings is 2. The molecule has 0 unspecified atom stereocenters. The van der Waals surface area contributed by atoms with E-state index in [0.717, 1.165) is 11.1 Å². The lowest BCUT2D eigenvalue weighted by Gasteiger charge is -2.17. The van der Waals surface area contributed by atoms with E-state index in [0.29, 0.717) is 5.75 Å². The number of halogens is 1. The number of rotatable bonds is 6. The number of carbonyl (C=O) groups is 1. The Labute approximate surface area is 152 Å². The summed E-state index contributed by atoms with van der Waals surface area (Å²) in [6.07, 6.45) is -0.887. The largest absolute Gasteiger partial charge is 0.481 e. The monoisotopic (exact) mass is 382 g/mol.